The molecule has 0 aliphatic rings. The number of hydrogen-bond acceptors (Lipinski definition) is 0. The van der Waals surface area contributed by atoms with Crippen molar-refractivity contribution in [1.82, 2.24) is 4.57 Å². The SMILES string of the molecule is Brc1ccccc1-c1ccc(-c2ccc3c4ccccc4n(-c4ccc(-c5ccccc5)c(-c5ccccc5)c4)c3c2)cc1. The average Bonchev–Trinajstić information content (AvgIpc) is 3.43. The molecular formula is C42H28BrN. The zero-order chi connectivity index (χ0) is 29.5. The summed E-state index contributed by atoms with van der Waals surface area (Å²) in [5.74, 6) is 0. The quantitative estimate of drug-likeness (QED) is 0.179. The molecule has 0 radical (unpaired) electrons. The summed E-state index contributed by atoms with van der Waals surface area (Å²) in [6.45, 7) is 0. The van der Waals surface area contributed by atoms with E-state index in [1.807, 2.05) is 6.07 Å². The van der Waals surface area contributed by atoms with Crippen LogP contribution in [0.25, 0.3) is 72.0 Å². The lowest BCUT2D eigenvalue weighted by atomic mass is 9.94. The van der Waals surface area contributed by atoms with Gasteiger partial charge in [-0.1, -0.05) is 155 Å². The van der Waals surface area contributed by atoms with Crippen LogP contribution in [-0.2, 0) is 0 Å². The third kappa shape index (κ3) is 4.65. The molecule has 0 spiro atoms. The molecular weight excluding hydrogens is 598 g/mol. The summed E-state index contributed by atoms with van der Waals surface area (Å²) in [4.78, 5) is 0. The number of halogens is 1. The van der Waals surface area contributed by atoms with Gasteiger partial charge in [0, 0.05) is 20.9 Å². The van der Waals surface area contributed by atoms with E-state index in [4.69, 9.17) is 0 Å². The highest BCUT2D eigenvalue weighted by atomic mass is 79.9. The second-order valence-corrected chi connectivity index (χ2v) is 12.0. The average molecular weight is 627 g/mol. The first-order valence-corrected chi connectivity index (χ1v) is 15.7. The zero-order valence-corrected chi connectivity index (χ0v) is 25.6. The highest BCUT2D eigenvalue weighted by Crippen LogP contribution is 2.39. The molecule has 0 N–H and O–H groups in total. The lowest BCUT2D eigenvalue weighted by Gasteiger charge is -2.15. The van der Waals surface area contributed by atoms with Gasteiger partial charge in [-0.25, -0.2) is 0 Å². The molecule has 0 amide bonds. The Labute approximate surface area is 265 Å². The summed E-state index contributed by atoms with van der Waals surface area (Å²) in [6.07, 6.45) is 0. The van der Waals surface area contributed by atoms with E-state index in [9.17, 15) is 0 Å². The molecule has 0 saturated carbocycles. The van der Waals surface area contributed by atoms with Crippen LogP contribution >= 0.6 is 15.9 Å². The first kappa shape index (κ1) is 26.4. The number of benzene rings is 7. The van der Waals surface area contributed by atoms with Crippen LogP contribution in [0.2, 0.25) is 0 Å². The van der Waals surface area contributed by atoms with Gasteiger partial charge in [-0.3, -0.25) is 0 Å². The first-order chi connectivity index (χ1) is 21.7. The molecule has 1 heterocycles. The number of rotatable bonds is 5. The van der Waals surface area contributed by atoms with E-state index in [0.717, 1.165) is 10.2 Å². The molecule has 8 aromatic rings. The van der Waals surface area contributed by atoms with E-state index in [0.29, 0.717) is 0 Å². The van der Waals surface area contributed by atoms with Crippen molar-refractivity contribution in [1.29, 1.82) is 0 Å². The third-order valence-electron chi connectivity index (χ3n) is 8.51. The smallest absolute Gasteiger partial charge is 0.0547 e. The van der Waals surface area contributed by atoms with E-state index in [-0.39, 0.29) is 0 Å². The molecule has 0 bridgehead atoms. The summed E-state index contributed by atoms with van der Waals surface area (Å²) in [7, 11) is 0. The lowest BCUT2D eigenvalue weighted by Crippen LogP contribution is -1.96. The molecule has 2 heteroatoms. The molecule has 0 unspecified atom stereocenters. The molecule has 1 nitrogen and oxygen atoms in total. The fourth-order valence-corrected chi connectivity index (χ4v) is 6.88. The van der Waals surface area contributed by atoms with E-state index in [1.54, 1.807) is 0 Å². The molecule has 208 valence electrons. The van der Waals surface area contributed by atoms with Crippen LogP contribution in [0.3, 0.4) is 0 Å². The van der Waals surface area contributed by atoms with E-state index in [1.165, 1.54) is 66.3 Å². The number of hydrogen-bond donors (Lipinski definition) is 0. The summed E-state index contributed by atoms with van der Waals surface area (Å²) >= 11 is 3.71. The van der Waals surface area contributed by atoms with E-state index >= 15 is 0 Å². The van der Waals surface area contributed by atoms with Gasteiger partial charge >= 0.3 is 0 Å². The number of aromatic nitrogens is 1. The standard InChI is InChI=1S/C42H28BrN/c43-40-17-9-7-15-36(40)32-21-19-29(20-22-32)33-23-25-38-37-16-8-10-18-41(37)44(42(38)27-33)34-24-26-35(30-11-3-1-4-12-30)39(28-34)31-13-5-2-6-14-31/h1-28H. The highest BCUT2D eigenvalue weighted by Gasteiger charge is 2.16. The van der Waals surface area contributed by atoms with Crippen LogP contribution in [0.1, 0.15) is 0 Å². The highest BCUT2D eigenvalue weighted by molar-refractivity contribution is 9.10. The number of fused-ring (bicyclic) bond motifs is 3. The van der Waals surface area contributed by atoms with Crippen molar-refractivity contribution in [3.8, 4) is 50.2 Å². The summed E-state index contributed by atoms with van der Waals surface area (Å²) in [5.41, 5.74) is 13.2. The van der Waals surface area contributed by atoms with Crippen molar-refractivity contribution in [3.05, 3.63) is 174 Å². The Morgan fingerprint density at radius 2 is 0.909 bits per heavy atom. The Hall–Kier alpha value is -5.18. The first-order valence-electron chi connectivity index (χ1n) is 14.9. The predicted octanol–water partition coefficient (Wildman–Crippen LogP) is 12.2. The minimum atomic E-state index is 1.10. The molecule has 0 aliphatic carbocycles. The molecule has 1 aromatic heterocycles. The van der Waals surface area contributed by atoms with Crippen LogP contribution in [0, 0.1) is 0 Å². The fourth-order valence-electron chi connectivity index (χ4n) is 6.36. The largest absolute Gasteiger partial charge is 0.309 e. The molecule has 0 saturated heterocycles. The van der Waals surface area contributed by atoms with Gasteiger partial charge < -0.3 is 4.57 Å². The van der Waals surface area contributed by atoms with E-state index in [2.05, 4.69) is 184 Å². The topological polar surface area (TPSA) is 4.93 Å². The van der Waals surface area contributed by atoms with Crippen LogP contribution < -0.4 is 0 Å². The van der Waals surface area contributed by atoms with Gasteiger partial charge in [-0.15, -0.1) is 0 Å². The molecule has 8 rings (SSSR count). The number of nitrogens with zero attached hydrogens (tertiary/aromatic N) is 1. The molecule has 0 aliphatic heterocycles. The minimum absolute atomic E-state index is 1.10. The Morgan fingerprint density at radius 3 is 1.66 bits per heavy atom. The molecule has 0 fully saturated rings. The predicted molar refractivity (Wildman–Crippen MR) is 190 cm³/mol. The Bertz CT molecular complexity index is 2260. The Balaban J connectivity index is 1.31. The van der Waals surface area contributed by atoms with Crippen LogP contribution in [0.5, 0.6) is 0 Å². The van der Waals surface area contributed by atoms with E-state index < -0.39 is 0 Å². The zero-order valence-electron chi connectivity index (χ0n) is 24.0. The minimum Gasteiger partial charge on any atom is -0.309 e. The summed E-state index contributed by atoms with van der Waals surface area (Å²) in [5, 5.41) is 2.51. The lowest BCUT2D eigenvalue weighted by molar-refractivity contribution is 1.18. The van der Waals surface area contributed by atoms with Crippen LogP contribution in [0.15, 0.2) is 174 Å². The maximum Gasteiger partial charge on any atom is 0.0547 e. The normalized spacial score (nSPS) is 11.3. The van der Waals surface area contributed by atoms with Crippen molar-refractivity contribution in [2.45, 2.75) is 0 Å². The van der Waals surface area contributed by atoms with Gasteiger partial charge in [0.2, 0.25) is 0 Å². The van der Waals surface area contributed by atoms with Crippen molar-refractivity contribution < 1.29 is 0 Å². The maximum atomic E-state index is 3.71. The van der Waals surface area contributed by atoms with Gasteiger partial charge in [0.25, 0.3) is 0 Å². The molecule has 7 aromatic carbocycles. The van der Waals surface area contributed by atoms with Crippen molar-refractivity contribution in [3.63, 3.8) is 0 Å². The molecule has 44 heavy (non-hydrogen) atoms. The molecule has 0 atom stereocenters. The van der Waals surface area contributed by atoms with Crippen LogP contribution in [0.4, 0.5) is 0 Å². The van der Waals surface area contributed by atoms with Crippen LogP contribution in [-0.4, -0.2) is 4.57 Å². The summed E-state index contributed by atoms with van der Waals surface area (Å²) < 4.78 is 3.53. The van der Waals surface area contributed by atoms with Gasteiger partial charge in [0.15, 0.2) is 0 Å². The van der Waals surface area contributed by atoms with Crippen molar-refractivity contribution in [2.24, 2.45) is 0 Å². The third-order valence-corrected chi connectivity index (χ3v) is 9.20. The summed E-state index contributed by atoms with van der Waals surface area (Å²) in [6, 6.07) is 61.1. The van der Waals surface area contributed by atoms with Gasteiger partial charge in [-0.2, -0.15) is 0 Å². The fraction of sp³-hybridized carbons (Fsp3) is 0. The second-order valence-electron chi connectivity index (χ2n) is 11.1. The van der Waals surface area contributed by atoms with Gasteiger partial charge in [-0.05, 0) is 74.8 Å². The Morgan fingerprint density at radius 1 is 0.341 bits per heavy atom. The van der Waals surface area contributed by atoms with Gasteiger partial charge in [0.1, 0.15) is 0 Å². The Kier molecular flexibility index (Phi) is 6.70. The number of para-hydroxylation sites is 1. The monoisotopic (exact) mass is 625 g/mol. The van der Waals surface area contributed by atoms with Crippen molar-refractivity contribution in [2.75, 3.05) is 0 Å². The maximum absolute atomic E-state index is 3.71. The van der Waals surface area contributed by atoms with Gasteiger partial charge in [0.05, 0.1) is 11.0 Å². The van der Waals surface area contributed by atoms with Crippen molar-refractivity contribution >= 4 is 37.7 Å². The second kappa shape index (κ2) is 11.1.